The van der Waals surface area contributed by atoms with Crippen molar-refractivity contribution in [1.82, 2.24) is 14.9 Å². The quantitative estimate of drug-likeness (QED) is 0.281. The molecule has 0 atom stereocenters. The zero-order chi connectivity index (χ0) is 22.5. The van der Waals surface area contributed by atoms with Crippen LogP contribution in [-0.2, 0) is 6.54 Å². The minimum absolute atomic E-state index is 0.0727. The molecular formula is C24H20ClN3O3S. The minimum atomic E-state index is -0.205. The highest BCUT2D eigenvalue weighted by molar-refractivity contribution is 7.99. The van der Waals surface area contributed by atoms with Crippen molar-refractivity contribution in [2.45, 2.75) is 18.6 Å². The van der Waals surface area contributed by atoms with Crippen molar-refractivity contribution in [3.63, 3.8) is 0 Å². The van der Waals surface area contributed by atoms with Crippen molar-refractivity contribution in [3.8, 4) is 5.69 Å². The number of hydrogen-bond acceptors (Lipinski definition) is 5. The molecule has 0 saturated carbocycles. The van der Waals surface area contributed by atoms with Crippen LogP contribution in [0.2, 0.25) is 5.02 Å². The van der Waals surface area contributed by atoms with Gasteiger partial charge >= 0.3 is 0 Å². The first-order chi connectivity index (χ1) is 15.5. The first-order valence-electron chi connectivity index (χ1n) is 9.89. The Morgan fingerprint density at radius 3 is 2.75 bits per heavy atom. The Kier molecular flexibility index (Phi) is 6.78. The molecule has 0 unspecified atom stereocenters. The lowest BCUT2D eigenvalue weighted by Gasteiger charge is -2.10. The van der Waals surface area contributed by atoms with E-state index in [0.29, 0.717) is 33.6 Å². The Hall–Kier alpha value is -3.29. The largest absolute Gasteiger partial charge is 0.465 e. The lowest BCUT2D eigenvalue weighted by atomic mass is 10.1. The fourth-order valence-electron chi connectivity index (χ4n) is 3.13. The fraction of sp³-hybridized carbons (Fsp3) is 0.125. The topological polar surface area (TPSA) is 77.1 Å². The lowest BCUT2D eigenvalue weighted by Crippen LogP contribution is -2.22. The molecule has 162 valence electrons. The molecule has 4 aromatic rings. The van der Waals surface area contributed by atoms with E-state index in [9.17, 15) is 9.59 Å². The SMILES string of the molecule is Cc1ccc(CNC(=O)c2cccc(-n3ccnc3SCC(=O)c3ccccc3Cl)c2)o1. The van der Waals surface area contributed by atoms with Gasteiger partial charge in [0, 0.05) is 29.2 Å². The van der Waals surface area contributed by atoms with Crippen LogP contribution >= 0.6 is 23.4 Å². The number of nitrogens with one attached hydrogen (secondary N) is 1. The van der Waals surface area contributed by atoms with Crippen molar-refractivity contribution in [1.29, 1.82) is 0 Å². The second kappa shape index (κ2) is 9.89. The maximum Gasteiger partial charge on any atom is 0.251 e. The van der Waals surface area contributed by atoms with E-state index in [-0.39, 0.29) is 17.4 Å². The number of hydrogen-bond donors (Lipinski definition) is 1. The molecule has 0 fully saturated rings. The molecule has 2 heterocycles. The molecule has 0 aliphatic carbocycles. The number of nitrogens with zero attached hydrogens (tertiary/aromatic N) is 2. The van der Waals surface area contributed by atoms with Gasteiger partial charge in [0.1, 0.15) is 11.5 Å². The van der Waals surface area contributed by atoms with Crippen LogP contribution < -0.4 is 5.32 Å². The average molecular weight is 466 g/mol. The van der Waals surface area contributed by atoms with Gasteiger partial charge in [0.2, 0.25) is 0 Å². The summed E-state index contributed by atoms with van der Waals surface area (Å²) in [5, 5.41) is 3.94. The number of amides is 1. The van der Waals surface area contributed by atoms with Crippen LogP contribution in [0.4, 0.5) is 0 Å². The lowest BCUT2D eigenvalue weighted by molar-refractivity contribution is 0.0947. The monoisotopic (exact) mass is 465 g/mol. The Morgan fingerprint density at radius 2 is 1.97 bits per heavy atom. The van der Waals surface area contributed by atoms with Gasteiger partial charge in [0.15, 0.2) is 10.9 Å². The number of carbonyl (C=O) groups is 2. The molecule has 0 spiro atoms. The van der Waals surface area contributed by atoms with Gasteiger partial charge in [-0.2, -0.15) is 0 Å². The molecule has 0 aliphatic rings. The predicted octanol–water partition coefficient (Wildman–Crippen LogP) is 5.33. The summed E-state index contributed by atoms with van der Waals surface area (Å²) in [4.78, 5) is 29.5. The summed E-state index contributed by atoms with van der Waals surface area (Å²) >= 11 is 7.44. The highest BCUT2D eigenvalue weighted by Gasteiger charge is 2.14. The number of benzene rings is 2. The van der Waals surface area contributed by atoms with Crippen LogP contribution in [0, 0.1) is 6.92 Å². The highest BCUT2D eigenvalue weighted by Crippen LogP contribution is 2.24. The number of carbonyl (C=O) groups excluding carboxylic acids is 2. The van der Waals surface area contributed by atoms with E-state index in [4.69, 9.17) is 16.0 Å². The third-order valence-corrected chi connectivity index (χ3v) is 6.02. The van der Waals surface area contributed by atoms with Crippen LogP contribution in [0.25, 0.3) is 5.69 Å². The summed E-state index contributed by atoms with van der Waals surface area (Å²) in [7, 11) is 0. The van der Waals surface area contributed by atoms with Gasteiger partial charge in [-0.15, -0.1) is 0 Å². The number of furan rings is 1. The molecule has 0 bridgehead atoms. The predicted molar refractivity (Wildman–Crippen MR) is 125 cm³/mol. The zero-order valence-electron chi connectivity index (χ0n) is 17.2. The molecule has 6 nitrogen and oxygen atoms in total. The number of thioether (sulfide) groups is 1. The standard InChI is InChI=1S/C24H20ClN3O3S/c1-16-9-10-19(31-16)14-27-23(30)17-5-4-6-18(13-17)28-12-11-26-24(28)32-15-22(29)20-7-2-3-8-21(20)25/h2-13H,14-15H2,1H3,(H,27,30). The van der Waals surface area contributed by atoms with Crippen molar-refractivity contribution < 1.29 is 14.0 Å². The first kappa shape index (κ1) is 21.9. The van der Waals surface area contributed by atoms with E-state index >= 15 is 0 Å². The molecule has 1 N–H and O–H groups in total. The van der Waals surface area contributed by atoms with Crippen molar-refractivity contribution in [2.75, 3.05) is 5.75 Å². The molecule has 0 saturated heterocycles. The van der Waals surface area contributed by atoms with Crippen molar-refractivity contribution in [2.24, 2.45) is 0 Å². The molecule has 0 radical (unpaired) electrons. The van der Waals surface area contributed by atoms with Gasteiger partial charge in [-0.3, -0.25) is 14.2 Å². The van der Waals surface area contributed by atoms with Gasteiger partial charge in [0.25, 0.3) is 5.91 Å². The van der Waals surface area contributed by atoms with Gasteiger partial charge in [-0.25, -0.2) is 4.98 Å². The number of aryl methyl sites for hydroxylation is 1. The molecule has 2 aromatic heterocycles. The summed E-state index contributed by atoms with van der Waals surface area (Å²) in [5.41, 5.74) is 1.78. The molecule has 2 aromatic carbocycles. The van der Waals surface area contributed by atoms with Gasteiger partial charge < -0.3 is 9.73 Å². The van der Waals surface area contributed by atoms with E-state index in [1.807, 2.05) is 35.8 Å². The Bertz CT molecular complexity index is 1260. The van der Waals surface area contributed by atoms with Crippen LogP contribution in [0.1, 0.15) is 32.2 Å². The fourth-order valence-corrected chi connectivity index (χ4v) is 4.23. The normalized spacial score (nSPS) is 10.8. The van der Waals surface area contributed by atoms with Crippen LogP contribution in [0.5, 0.6) is 0 Å². The molecule has 4 rings (SSSR count). The van der Waals surface area contributed by atoms with Gasteiger partial charge in [0.05, 0.1) is 17.3 Å². The van der Waals surface area contributed by atoms with Crippen LogP contribution in [-0.4, -0.2) is 27.0 Å². The van der Waals surface area contributed by atoms with E-state index in [1.165, 1.54) is 11.8 Å². The molecule has 1 amide bonds. The number of aromatic nitrogens is 2. The number of halogens is 1. The number of ketones is 1. The van der Waals surface area contributed by atoms with Gasteiger partial charge in [-0.1, -0.05) is 41.6 Å². The first-order valence-corrected chi connectivity index (χ1v) is 11.3. The highest BCUT2D eigenvalue weighted by atomic mass is 35.5. The third-order valence-electron chi connectivity index (χ3n) is 4.72. The summed E-state index contributed by atoms with van der Waals surface area (Å²) in [6.45, 7) is 2.17. The zero-order valence-corrected chi connectivity index (χ0v) is 18.8. The third kappa shape index (κ3) is 5.12. The molecule has 8 heteroatoms. The van der Waals surface area contributed by atoms with E-state index < -0.39 is 0 Å². The van der Waals surface area contributed by atoms with E-state index in [0.717, 1.165) is 11.4 Å². The molecular weight excluding hydrogens is 446 g/mol. The smallest absolute Gasteiger partial charge is 0.251 e. The van der Waals surface area contributed by atoms with Crippen LogP contribution in [0.3, 0.4) is 0 Å². The summed E-state index contributed by atoms with van der Waals surface area (Å²) in [6, 6.07) is 17.9. The summed E-state index contributed by atoms with van der Waals surface area (Å²) < 4.78 is 7.33. The number of imidazole rings is 1. The minimum Gasteiger partial charge on any atom is -0.465 e. The second-order valence-corrected chi connectivity index (χ2v) is 8.37. The van der Waals surface area contributed by atoms with Crippen molar-refractivity contribution >= 4 is 35.1 Å². The Balaban J connectivity index is 1.44. The van der Waals surface area contributed by atoms with E-state index in [1.54, 1.807) is 48.8 Å². The molecule has 32 heavy (non-hydrogen) atoms. The van der Waals surface area contributed by atoms with Crippen LogP contribution in [0.15, 0.2) is 82.6 Å². The van der Waals surface area contributed by atoms with E-state index in [2.05, 4.69) is 10.3 Å². The second-order valence-electron chi connectivity index (χ2n) is 7.02. The van der Waals surface area contributed by atoms with Gasteiger partial charge in [-0.05, 0) is 49.4 Å². The Labute approximate surface area is 194 Å². The maximum atomic E-state index is 12.6. The number of Topliss-reactive ketones (excluding diaryl/α,β-unsaturated/α-hetero) is 1. The summed E-state index contributed by atoms with van der Waals surface area (Å²) in [6.07, 6.45) is 3.46. The summed E-state index contributed by atoms with van der Waals surface area (Å²) in [5.74, 6) is 1.42. The Morgan fingerprint density at radius 1 is 1.12 bits per heavy atom. The van der Waals surface area contributed by atoms with Crippen molar-refractivity contribution in [3.05, 3.63) is 101 Å². The average Bonchev–Trinajstić information content (AvgIpc) is 3.45. The number of rotatable bonds is 8. The molecule has 0 aliphatic heterocycles. The maximum absolute atomic E-state index is 12.6.